The fourth-order valence-electron chi connectivity index (χ4n) is 6.45. The smallest absolute Gasteiger partial charge is 0.306 e. The lowest BCUT2D eigenvalue weighted by Gasteiger charge is -2.18. The van der Waals surface area contributed by atoms with E-state index in [1.807, 2.05) is 0 Å². The van der Waals surface area contributed by atoms with Crippen LogP contribution in [0.15, 0.2) is 85.1 Å². The molecule has 1 atom stereocenters. The highest BCUT2D eigenvalue weighted by Crippen LogP contribution is 2.13. The van der Waals surface area contributed by atoms with Gasteiger partial charge in [-0.1, -0.05) is 196 Å². The van der Waals surface area contributed by atoms with Crippen molar-refractivity contribution in [2.45, 2.75) is 226 Å². The standard InChI is InChI=1S/C54H90O6/c1-4-7-10-13-16-19-21-23-25-27-29-31-33-35-38-41-44-47-53(56)59-50-51(49-58-52(55)46-43-40-37-18-15-12-9-6-3)60-54(57)48-45-42-39-36-34-32-30-28-26-24-22-20-17-14-11-8-5-2/h7,10,16-17,19-20,23-26,29,31,35,38,51H,4-6,8-9,11-15,18,21-22,27-28,30,32-34,36-37,39-50H2,1-3H3/b10-7-,19-16-,20-17-,25-23-,26-24-,31-29-,38-35-. The molecule has 0 amide bonds. The molecule has 60 heavy (non-hydrogen) atoms. The fraction of sp³-hybridized carbons (Fsp3) is 0.685. The lowest BCUT2D eigenvalue weighted by molar-refractivity contribution is -0.167. The van der Waals surface area contributed by atoms with Gasteiger partial charge in [0.2, 0.25) is 0 Å². The lowest BCUT2D eigenvalue weighted by atomic mass is 10.1. The fourth-order valence-corrected chi connectivity index (χ4v) is 6.45. The third-order valence-corrected chi connectivity index (χ3v) is 10.1. The second-order valence-electron chi connectivity index (χ2n) is 16.0. The number of rotatable bonds is 43. The summed E-state index contributed by atoms with van der Waals surface area (Å²) in [5.41, 5.74) is 0. The topological polar surface area (TPSA) is 78.9 Å². The van der Waals surface area contributed by atoms with E-state index in [0.717, 1.165) is 89.9 Å². The van der Waals surface area contributed by atoms with E-state index >= 15 is 0 Å². The van der Waals surface area contributed by atoms with Crippen LogP contribution in [-0.4, -0.2) is 37.2 Å². The summed E-state index contributed by atoms with van der Waals surface area (Å²) in [5.74, 6) is -0.974. The molecule has 0 N–H and O–H groups in total. The van der Waals surface area contributed by atoms with Gasteiger partial charge in [-0.15, -0.1) is 0 Å². The van der Waals surface area contributed by atoms with Crippen molar-refractivity contribution in [1.29, 1.82) is 0 Å². The first-order valence-electron chi connectivity index (χ1n) is 24.6. The molecule has 0 radical (unpaired) electrons. The number of carbonyl (C=O) groups excluding carboxylic acids is 3. The Bertz CT molecular complexity index is 1190. The summed E-state index contributed by atoms with van der Waals surface area (Å²) in [6.07, 6.45) is 61.5. The van der Waals surface area contributed by atoms with Crippen LogP contribution in [0.5, 0.6) is 0 Å². The Morgan fingerprint density at radius 1 is 0.350 bits per heavy atom. The van der Waals surface area contributed by atoms with Crippen LogP contribution in [0.4, 0.5) is 0 Å². The van der Waals surface area contributed by atoms with E-state index in [1.165, 1.54) is 83.5 Å². The highest BCUT2D eigenvalue weighted by atomic mass is 16.6. The summed E-state index contributed by atoms with van der Waals surface area (Å²) < 4.78 is 16.7. The molecular weight excluding hydrogens is 745 g/mol. The van der Waals surface area contributed by atoms with Crippen molar-refractivity contribution in [3.05, 3.63) is 85.1 Å². The summed E-state index contributed by atoms with van der Waals surface area (Å²) >= 11 is 0. The molecule has 0 aliphatic heterocycles. The molecule has 6 nitrogen and oxygen atoms in total. The van der Waals surface area contributed by atoms with Gasteiger partial charge in [0.1, 0.15) is 13.2 Å². The molecule has 0 aliphatic carbocycles. The second kappa shape index (κ2) is 48.3. The molecule has 0 rings (SSSR count). The van der Waals surface area contributed by atoms with Crippen molar-refractivity contribution < 1.29 is 28.6 Å². The maximum absolute atomic E-state index is 12.8. The average molecular weight is 835 g/mol. The van der Waals surface area contributed by atoms with Gasteiger partial charge in [-0.2, -0.15) is 0 Å². The van der Waals surface area contributed by atoms with Crippen LogP contribution in [-0.2, 0) is 28.6 Å². The Kier molecular flexibility index (Phi) is 45.5. The zero-order valence-electron chi connectivity index (χ0n) is 38.9. The zero-order chi connectivity index (χ0) is 43.7. The minimum atomic E-state index is -0.800. The van der Waals surface area contributed by atoms with Gasteiger partial charge >= 0.3 is 17.9 Å². The molecule has 0 fully saturated rings. The normalized spacial score (nSPS) is 12.8. The van der Waals surface area contributed by atoms with Crippen LogP contribution in [0.1, 0.15) is 220 Å². The van der Waals surface area contributed by atoms with Gasteiger partial charge in [-0.05, 0) is 89.9 Å². The van der Waals surface area contributed by atoms with E-state index in [2.05, 4.69) is 106 Å². The van der Waals surface area contributed by atoms with E-state index in [0.29, 0.717) is 19.3 Å². The van der Waals surface area contributed by atoms with Crippen LogP contribution in [0.25, 0.3) is 0 Å². The number of ether oxygens (including phenoxy) is 3. The number of unbranched alkanes of at least 4 members (excludes halogenated alkanes) is 18. The molecular formula is C54H90O6. The monoisotopic (exact) mass is 835 g/mol. The van der Waals surface area contributed by atoms with Crippen molar-refractivity contribution >= 4 is 17.9 Å². The molecule has 0 saturated carbocycles. The molecule has 0 bridgehead atoms. The molecule has 0 aromatic heterocycles. The van der Waals surface area contributed by atoms with Gasteiger partial charge in [-0.25, -0.2) is 0 Å². The third kappa shape index (κ3) is 45.7. The van der Waals surface area contributed by atoms with Crippen molar-refractivity contribution in [3.63, 3.8) is 0 Å². The highest BCUT2D eigenvalue weighted by Gasteiger charge is 2.19. The summed E-state index contributed by atoms with van der Waals surface area (Å²) in [6, 6.07) is 0. The number of hydrogen-bond acceptors (Lipinski definition) is 6. The molecule has 6 heteroatoms. The van der Waals surface area contributed by atoms with Crippen LogP contribution in [0, 0.1) is 0 Å². The SMILES string of the molecule is CC/C=C\C/C=C\C/C=C\C/C=C\C/C=C\CCCC(=O)OCC(COC(=O)CCCCCCCCCC)OC(=O)CCCCCCCCC/C=C\C/C=C\CCCCC. The van der Waals surface area contributed by atoms with Crippen LogP contribution in [0.2, 0.25) is 0 Å². The Morgan fingerprint density at radius 2 is 0.667 bits per heavy atom. The third-order valence-electron chi connectivity index (χ3n) is 10.1. The van der Waals surface area contributed by atoms with E-state index < -0.39 is 6.10 Å². The van der Waals surface area contributed by atoms with Crippen LogP contribution >= 0.6 is 0 Å². The summed E-state index contributed by atoms with van der Waals surface area (Å²) in [5, 5.41) is 0. The first-order valence-corrected chi connectivity index (χ1v) is 24.6. The summed E-state index contributed by atoms with van der Waals surface area (Å²) in [7, 11) is 0. The average Bonchev–Trinajstić information content (AvgIpc) is 3.24. The molecule has 0 aromatic carbocycles. The Balaban J connectivity index is 4.43. The maximum atomic E-state index is 12.8. The first-order chi connectivity index (χ1) is 29.5. The first kappa shape index (κ1) is 56.6. The van der Waals surface area contributed by atoms with Gasteiger partial charge < -0.3 is 14.2 Å². The van der Waals surface area contributed by atoms with Crippen molar-refractivity contribution in [1.82, 2.24) is 0 Å². The quantitative estimate of drug-likeness (QED) is 0.0263. The molecule has 0 spiro atoms. The maximum Gasteiger partial charge on any atom is 0.306 e. The zero-order valence-corrected chi connectivity index (χ0v) is 38.9. The Labute approximate surface area is 369 Å². The van der Waals surface area contributed by atoms with E-state index in [1.54, 1.807) is 0 Å². The van der Waals surface area contributed by atoms with Crippen LogP contribution < -0.4 is 0 Å². The molecule has 0 aromatic rings. The second-order valence-corrected chi connectivity index (χ2v) is 16.0. The molecule has 0 heterocycles. The predicted molar refractivity (Wildman–Crippen MR) is 256 cm³/mol. The largest absolute Gasteiger partial charge is 0.462 e. The minimum Gasteiger partial charge on any atom is -0.462 e. The highest BCUT2D eigenvalue weighted by molar-refractivity contribution is 5.71. The molecule has 342 valence electrons. The summed E-state index contributed by atoms with van der Waals surface area (Å²) in [6.45, 7) is 6.40. The predicted octanol–water partition coefficient (Wildman–Crippen LogP) is 16.0. The van der Waals surface area contributed by atoms with Gasteiger partial charge in [0.05, 0.1) is 0 Å². The van der Waals surface area contributed by atoms with Crippen molar-refractivity contribution in [3.8, 4) is 0 Å². The van der Waals surface area contributed by atoms with Gasteiger partial charge in [-0.3, -0.25) is 14.4 Å². The Hall–Kier alpha value is -3.41. The Morgan fingerprint density at radius 3 is 1.12 bits per heavy atom. The van der Waals surface area contributed by atoms with Crippen LogP contribution in [0.3, 0.4) is 0 Å². The number of esters is 3. The van der Waals surface area contributed by atoms with Crippen molar-refractivity contribution in [2.75, 3.05) is 13.2 Å². The molecule has 0 saturated heterocycles. The van der Waals surface area contributed by atoms with E-state index in [-0.39, 0.29) is 37.5 Å². The lowest BCUT2D eigenvalue weighted by Crippen LogP contribution is -2.30. The molecule has 1 unspecified atom stereocenters. The number of carbonyl (C=O) groups is 3. The number of allylic oxidation sites excluding steroid dienone is 14. The van der Waals surface area contributed by atoms with E-state index in [4.69, 9.17) is 14.2 Å². The summed E-state index contributed by atoms with van der Waals surface area (Å²) in [4.78, 5) is 37.8. The van der Waals surface area contributed by atoms with Crippen molar-refractivity contribution in [2.24, 2.45) is 0 Å². The van der Waals surface area contributed by atoms with Gasteiger partial charge in [0.15, 0.2) is 6.10 Å². The van der Waals surface area contributed by atoms with E-state index in [9.17, 15) is 14.4 Å². The number of hydrogen-bond donors (Lipinski definition) is 0. The molecule has 0 aliphatic rings. The van der Waals surface area contributed by atoms with Gasteiger partial charge in [0, 0.05) is 19.3 Å². The van der Waals surface area contributed by atoms with Gasteiger partial charge in [0.25, 0.3) is 0 Å². The minimum absolute atomic E-state index is 0.0974.